The summed E-state index contributed by atoms with van der Waals surface area (Å²) < 4.78 is 0. The summed E-state index contributed by atoms with van der Waals surface area (Å²) >= 11 is 0. The van der Waals surface area contributed by atoms with Crippen LogP contribution in [0.5, 0.6) is 0 Å². The Kier molecular flexibility index (Phi) is 1.79. The molecule has 0 aromatic heterocycles. The zero-order chi connectivity index (χ0) is 10.6. The molecule has 0 amide bonds. The molecule has 0 unspecified atom stereocenters. The standard InChI is InChI=1S/C13H20O/c1-5-13(14)9-7-10-6-8-12(13,4)11(10,2)3/h5-6,8,10,14H,1,7,9H2,2-4H3/t10-,12-,13-/m0/s1. The number of allylic oxidation sites excluding steroid dienone is 1. The van der Waals surface area contributed by atoms with Gasteiger partial charge in [0.2, 0.25) is 0 Å². The lowest BCUT2D eigenvalue weighted by Crippen LogP contribution is -2.55. The van der Waals surface area contributed by atoms with Crippen LogP contribution in [0.25, 0.3) is 0 Å². The van der Waals surface area contributed by atoms with Crippen molar-refractivity contribution in [1.82, 2.24) is 0 Å². The molecule has 1 heteroatoms. The fourth-order valence-corrected chi connectivity index (χ4v) is 3.26. The van der Waals surface area contributed by atoms with Crippen LogP contribution in [0, 0.1) is 16.7 Å². The van der Waals surface area contributed by atoms with Crippen molar-refractivity contribution < 1.29 is 5.11 Å². The van der Waals surface area contributed by atoms with Crippen molar-refractivity contribution in [2.45, 2.75) is 39.2 Å². The average Bonchev–Trinajstić information content (AvgIpc) is 2.30. The molecular weight excluding hydrogens is 172 g/mol. The minimum atomic E-state index is -0.722. The Bertz CT molecular complexity index is 302. The van der Waals surface area contributed by atoms with Crippen LogP contribution in [0.1, 0.15) is 33.6 Å². The van der Waals surface area contributed by atoms with E-state index in [1.54, 1.807) is 6.08 Å². The third kappa shape index (κ3) is 0.844. The van der Waals surface area contributed by atoms with E-state index < -0.39 is 5.60 Å². The fourth-order valence-electron chi connectivity index (χ4n) is 3.26. The number of rotatable bonds is 1. The van der Waals surface area contributed by atoms with Gasteiger partial charge in [-0.25, -0.2) is 0 Å². The van der Waals surface area contributed by atoms with Gasteiger partial charge in [0.05, 0.1) is 5.60 Å². The summed E-state index contributed by atoms with van der Waals surface area (Å²) in [7, 11) is 0. The van der Waals surface area contributed by atoms with Gasteiger partial charge < -0.3 is 5.11 Å². The van der Waals surface area contributed by atoms with Crippen LogP contribution >= 0.6 is 0 Å². The lowest BCUT2D eigenvalue weighted by atomic mass is 9.52. The Hall–Kier alpha value is -0.560. The number of aliphatic hydroxyl groups is 1. The average molecular weight is 192 g/mol. The first-order valence-corrected chi connectivity index (χ1v) is 5.43. The molecule has 3 atom stereocenters. The minimum absolute atomic E-state index is 0.147. The summed E-state index contributed by atoms with van der Waals surface area (Å²) in [6.45, 7) is 10.5. The molecule has 0 saturated heterocycles. The smallest absolute Gasteiger partial charge is 0.0918 e. The molecule has 0 aromatic rings. The SMILES string of the molecule is C=C[C@]1(O)CC[C@@H]2C=C[C@@]1(C)C2(C)C. The van der Waals surface area contributed by atoms with Crippen LogP contribution in [0.3, 0.4) is 0 Å². The van der Waals surface area contributed by atoms with Gasteiger partial charge in [0.25, 0.3) is 0 Å². The van der Waals surface area contributed by atoms with E-state index >= 15 is 0 Å². The first-order chi connectivity index (χ1) is 6.37. The predicted molar refractivity (Wildman–Crippen MR) is 58.9 cm³/mol. The van der Waals surface area contributed by atoms with Crippen LogP contribution in [0.15, 0.2) is 24.8 Å². The molecule has 0 heterocycles. The second-order valence-electron chi connectivity index (χ2n) is 5.56. The predicted octanol–water partition coefficient (Wildman–Crippen LogP) is 2.92. The maximum atomic E-state index is 10.6. The van der Waals surface area contributed by atoms with Crippen molar-refractivity contribution in [2.75, 3.05) is 0 Å². The van der Waals surface area contributed by atoms with Gasteiger partial charge in [-0.2, -0.15) is 0 Å². The molecule has 0 spiro atoms. The van der Waals surface area contributed by atoms with E-state index in [0.29, 0.717) is 5.92 Å². The van der Waals surface area contributed by atoms with Crippen LogP contribution in [-0.2, 0) is 0 Å². The van der Waals surface area contributed by atoms with Gasteiger partial charge in [-0.3, -0.25) is 0 Å². The molecule has 2 aliphatic carbocycles. The summed E-state index contributed by atoms with van der Waals surface area (Å²) in [6, 6.07) is 0. The fraction of sp³-hybridized carbons (Fsp3) is 0.692. The highest BCUT2D eigenvalue weighted by Gasteiger charge is 2.60. The molecule has 0 aliphatic heterocycles. The highest BCUT2D eigenvalue weighted by Crippen LogP contribution is 2.63. The normalized spacial score (nSPS) is 49.3. The van der Waals surface area contributed by atoms with E-state index in [1.807, 2.05) is 0 Å². The van der Waals surface area contributed by atoms with Crippen LogP contribution in [-0.4, -0.2) is 10.7 Å². The van der Waals surface area contributed by atoms with Crippen LogP contribution < -0.4 is 0 Å². The molecule has 1 saturated carbocycles. The van der Waals surface area contributed by atoms with Gasteiger partial charge in [-0.15, -0.1) is 6.58 Å². The first-order valence-electron chi connectivity index (χ1n) is 5.43. The van der Waals surface area contributed by atoms with Gasteiger partial charge >= 0.3 is 0 Å². The van der Waals surface area contributed by atoms with Gasteiger partial charge in [0.15, 0.2) is 0 Å². The zero-order valence-electron chi connectivity index (χ0n) is 9.38. The highest BCUT2D eigenvalue weighted by molar-refractivity contribution is 5.30. The van der Waals surface area contributed by atoms with Crippen molar-refractivity contribution in [3.63, 3.8) is 0 Å². The van der Waals surface area contributed by atoms with Crippen molar-refractivity contribution in [3.05, 3.63) is 24.8 Å². The lowest BCUT2D eigenvalue weighted by Gasteiger charge is -2.54. The van der Waals surface area contributed by atoms with Gasteiger partial charge in [0, 0.05) is 5.41 Å². The Morgan fingerprint density at radius 1 is 1.43 bits per heavy atom. The summed E-state index contributed by atoms with van der Waals surface area (Å²) in [5.74, 6) is 0.618. The number of fused-ring (bicyclic) bond motifs is 2. The van der Waals surface area contributed by atoms with E-state index in [4.69, 9.17) is 0 Å². The Morgan fingerprint density at radius 2 is 2.07 bits per heavy atom. The van der Waals surface area contributed by atoms with E-state index in [0.717, 1.165) is 12.8 Å². The monoisotopic (exact) mass is 192 g/mol. The van der Waals surface area contributed by atoms with Crippen molar-refractivity contribution in [1.29, 1.82) is 0 Å². The Labute approximate surface area is 86.5 Å². The second kappa shape index (κ2) is 2.52. The molecule has 2 aliphatic rings. The summed E-state index contributed by atoms with van der Waals surface area (Å²) in [5, 5.41) is 10.6. The largest absolute Gasteiger partial charge is 0.385 e. The minimum Gasteiger partial charge on any atom is -0.385 e. The van der Waals surface area contributed by atoms with Crippen LogP contribution in [0.4, 0.5) is 0 Å². The van der Waals surface area contributed by atoms with Gasteiger partial charge in [-0.05, 0) is 24.2 Å². The summed E-state index contributed by atoms with van der Waals surface area (Å²) in [4.78, 5) is 0. The molecule has 1 N–H and O–H groups in total. The highest BCUT2D eigenvalue weighted by atomic mass is 16.3. The van der Waals surface area contributed by atoms with Gasteiger partial charge in [-0.1, -0.05) is 39.0 Å². The van der Waals surface area contributed by atoms with E-state index in [1.165, 1.54) is 0 Å². The first kappa shape index (κ1) is 9.97. The van der Waals surface area contributed by atoms with Gasteiger partial charge in [0.1, 0.15) is 0 Å². The lowest BCUT2D eigenvalue weighted by molar-refractivity contribution is -0.113. The molecule has 0 aromatic carbocycles. The third-order valence-electron chi connectivity index (χ3n) is 5.00. The molecule has 2 rings (SSSR count). The zero-order valence-corrected chi connectivity index (χ0v) is 9.38. The van der Waals surface area contributed by atoms with Crippen molar-refractivity contribution >= 4 is 0 Å². The second-order valence-corrected chi connectivity index (χ2v) is 5.56. The van der Waals surface area contributed by atoms with E-state index in [-0.39, 0.29) is 10.8 Å². The van der Waals surface area contributed by atoms with E-state index in [9.17, 15) is 5.11 Å². The molecular formula is C13H20O. The molecule has 1 fully saturated rings. The van der Waals surface area contributed by atoms with Crippen LogP contribution in [0.2, 0.25) is 0 Å². The van der Waals surface area contributed by atoms with Crippen molar-refractivity contribution in [3.8, 4) is 0 Å². The number of hydrogen-bond donors (Lipinski definition) is 1. The Morgan fingerprint density at radius 3 is 2.64 bits per heavy atom. The molecule has 0 radical (unpaired) electrons. The number of hydrogen-bond acceptors (Lipinski definition) is 1. The van der Waals surface area contributed by atoms with Crippen molar-refractivity contribution in [2.24, 2.45) is 16.7 Å². The third-order valence-corrected chi connectivity index (χ3v) is 5.00. The Balaban J connectivity index is 2.54. The quantitative estimate of drug-likeness (QED) is 0.633. The maximum Gasteiger partial charge on any atom is 0.0918 e. The molecule has 2 bridgehead atoms. The molecule has 78 valence electrons. The summed E-state index contributed by atoms with van der Waals surface area (Å²) in [5.41, 5.74) is -0.723. The van der Waals surface area contributed by atoms with E-state index in [2.05, 4.69) is 39.5 Å². The molecule has 14 heavy (non-hydrogen) atoms. The summed E-state index contributed by atoms with van der Waals surface area (Å²) in [6.07, 6.45) is 8.13. The molecule has 1 nitrogen and oxygen atoms in total. The maximum absolute atomic E-state index is 10.6. The topological polar surface area (TPSA) is 20.2 Å².